The molecule has 0 aliphatic carbocycles. The van der Waals surface area contributed by atoms with Crippen molar-refractivity contribution in [1.29, 1.82) is 0 Å². The van der Waals surface area contributed by atoms with E-state index in [1.54, 1.807) is 78.9 Å². The summed E-state index contributed by atoms with van der Waals surface area (Å²) in [6, 6.07) is 31.0. The maximum atomic E-state index is 13.2. The van der Waals surface area contributed by atoms with Crippen molar-refractivity contribution >= 4 is 35.1 Å². The van der Waals surface area contributed by atoms with Crippen LogP contribution < -0.4 is 15.9 Å². The summed E-state index contributed by atoms with van der Waals surface area (Å²) in [6.07, 6.45) is 2.93. The molecule has 0 aliphatic heterocycles. The predicted molar refractivity (Wildman–Crippen MR) is 143 cm³/mol. The van der Waals surface area contributed by atoms with Gasteiger partial charge < -0.3 is 15.9 Å². The second-order valence-corrected chi connectivity index (χ2v) is 7.87. The maximum Gasteiger partial charge on any atom is 0.336 e. The van der Waals surface area contributed by atoms with Gasteiger partial charge in [-0.3, -0.25) is 9.59 Å². The fraction of sp³-hybridized carbons (Fsp3) is 0. The van der Waals surface area contributed by atoms with Gasteiger partial charge in [0.2, 0.25) is 5.78 Å². The van der Waals surface area contributed by atoms with Crippen LogP contribution >= 0.6 is 0 Å². The quantitative estimate of drug-likeness (QED) is 0.0680. The van der Waals surface area contributed by atoms with Crippen LogP contribution in [-0.4, -0.2) is 23.4 Å². The third-order valence-electron chi connectivity index (χ3n) is 5.35. The lowest BCUT2D eigenvalue weighted by atomic mass is 9.99. The van der Waals surface area contributed by atoms with Gasteiger partial charge in [0, 0.05) is 28.5 Å². The molecule has 37 heavy (non-hydrogen) atoms. The molecule has 4 rings (SSSR count). The van der Waals surface area contributed by atoms with E-state index in [4.69, 9.17) is 10.6 Å². The van der Waals surface area contributed by atoms with Gasteiger partial charge in [-0.2, -0.15) is 5.10 Å². The number of hydrogen-bond donors (Lipinski definition) is 2. The van der Waals surface area contributed by atoms with E-state index in [-0.39, 0.29) is 22.9 Å². The molecule has 4 aromatic carbocycles. The van der Waals surface area contributed by atoms with E-state index in [1.807, 2.05) is 36.4 Å². The van der Waals surface area contributed by atoms with Crippen molar-refractivity contribution < 1.29 is 19.1 Å². The van der Waals surface area contributed by atoms with Crippen LogP contribution in [0.5, 0.6) is 5.75 Å². The highest BCUT2D eigenvalue weighted by molar-refractivity contribution is 6.52. The fourth-order valence-electron chi connectivity index (χ4n) is 3.51. The molecule has 7 nitrogen and oxygen atoms in total. The van der Waals surface area contributed by atoms with Gasteiger partial charge in [0.15, 0.2) is 0 Å². The van der Waals surface area contributed by atoms with Gasteiger partial charge in [-0.05, 0) is 60.2 Å². The number of nitrogens with zero attached hydrogens (tertiary/aromatic N) is 1. The lowest BCUT2D eigenvalue weighted by Crippen LogP contribution is -2.20. The molecule has 0 saturated carbocycles. The molecule has 1 amide bonds. The molecule has 4 aromatic rings. The zero-order chi connectivity index (χ0) is 26.0. The van der Waals surface area contributed by atoms with E-state index in [2.05, 4.69) is 10.4 Å². The molecule has 0 fully saturated rings. The largest absolute Gasteiger partial charge is 0.423 e. The molecule has 0 spiro atoms. The molecule has 0 heterocycles. The van der Waals surface area contributed by atoms with Crippen LogP contribution in [0.2, 0.25) is 0 Å². The van der Waals surface area contributed by atoms with Gasteiger partial charge in [0.25, 0.3) is 5.91 Å². The lowest BCUT2D eigenvalue weighted by molar-refractivity contribution is -0.128. The number of anilines is 1. The van der Waals surface area contributed by atoms with Crippen molar-refractivity contribution in [3.05, 3.63) is 138 Å². The Labute approximate surface area is 213 Å². The van der Waals surface area contributed by atoms with Crippen molar-refractivity contribution in [3.63, 3.8) is 0 Å². The van der Waals surface area contributed by atoms with Crippen LogP contribution in [0.25, 0.3) is 6.08 Å². The van der Waals surface area contributed by atoms with Gasteiger partial charge in [-0.25, -0.2) is 4.79 Å². The van der Waals surface area contributed by atoms with Crippen LogP contribution in [0, 0.1) is 0 Å². The molecule has 0 aromatic heterocycles. The summed E-state index contributed by atoms with van der Waals surface area (Å²) in [5.41, 5.74) is 2.39. The number of nitrogens with one attached hydrogen (secondary N) is 1. The normalized spacial score (nSPS) is 11.2. The zero-order valence-electron chi connectivity index (χ0n) is 19.7. The summed E-state index contributed by atoms with van der Waals surface area (Å²) in [5, 5.41) is 6.48. The molecule has 0 bridgehead atoms. The van der Waals surface area contributed by atoms with Gasteiger partial charge >= 0.3 is 5.97 Å². The summed E-state index contributed by atoms with van der Waals surface area (Å²) >= 11 is 0. The number of amides is 1. The van der Waals surface area contributed by atoms with Gasteiger partial charge in [-0.1, -0.05) is 60.7 Å². The Hall–Kier alpha value is -5.30. The SMILES string of the molecule is N/N=C(/C(=O)c1ccc(NC(=O)c2ccccc2)cc1)c1ccccc1OC(=O)/C=C/c1ccccc1. The number of ketones is 1. The number of para-hydroxylation sites is 1. The minimum Gasteiger partial charge on any atom is -0.423 e. The van der Waals surface area contributed by atoms with E-state index < -0.39 is 11.8 Å². The second kappa shape index (κ2) is 11.9. The molecule has 0 radical (unpaired) electrons. The highest BCUT2D eigenvalue weighted by Crippen LogP contribution is 2.22. The minimum atomic E-state index is -0.612. The molecule has 0 saturated heterocycles. The number of hydrogen-bond acceptors (Lipinski definition) is 6. The second-order valence-electron chi connectivity index (χ2n) is 7.87. The molecular formula is C30H23N3O4. The average Bonchev–Trinajstić information content (AvgIpc) is 2.94. The average molecular weight is 490 g/mol. The Balaban J connectivity index is 1.48. The minimum absolute atomic E-state index is 0.0727. The highest BCUT2D eigenvalue weighted by atomic mass is 16.5. The summed E-state index contributed by atoms with van der Waals surface area (Å²) in [5.74, 6) is 4.40. The summed E-state index contributed by atoms with van der Waals surface area (Å²) in [7, 11) is 0. The zero-order valence-corrected chi connectivity index (χ0v) is 19.7. The summed E-state index contributed by atoms with van der Waals surface area (Å²) in [6.45, 7) is 0. The van der Waals surface area contributed by atoms with E-state index in [0.29, 0.717) is 16.8 Å². The van der Waals surface area contributed by atoms with Crippen molar-refractivity contribution in [2.24, 2.45) is 10.9 Å². The smallest absolute Gasteiger partial charge is 0.336 e. The molecule has 0 aliphatic rings. The van der Waals surface area contributed by atoms with Crippen molar-refractivity contribution in [1.82, 2.24) is 0 Å². The molecule has 7 heteroatoms. The summed E-state index contributed by atoms with van der Waals surface area (Å²) < 4.78 is 5.48. The first-order chi connectivity index (χ1) is 18.0. The third kappa shape index (κ3) is 6.43. The van der Waals surface area contributed by atoms with Crippen LogP contribution in [0.4, 0.5) is 5.69 Å². The number of esters is 1. The number of hydrazone groups is 1. The van der Waals surface area contributed by atoms with Crippen LogP contribution in [0.1, 0.15) is 31.8 Å². The number of Topliss-reactive ketones (excluding diaryl/α,β-unsaturated/α-hetero) is 1. The molecule has 182 valence electrons. The molecule has 3 N–H and O–H groups in total. The number of nitrogens with two attached hydrogens (primary N) is 1. The van der Waals surface area contributed by atoms with E-state index in [9.17, 15) is 14.4 Å². The number of benzene rings is 4. The van der Waals surface area contributed by atoms with Gasteiger partial charge in [0.1, 0.15) is 11.5 Å². The van der Waals surface area contributed by atoms with Crippen LogP contribution in [0.15, 0.2) is 120 Å². The highest BCUT2D eigenvalue weighted by Gasteiger charge is 2.21. The van der Waals surface area contributed by atoms with E-state index >= 15 is 0 Å². The van der Waals surface area contributed by atoms with Gasteiger partial charge in [-0.15, -0.1) is 0 Å². The first-order valence-corrected chi connectivity index (χ1v) is 11.4. The number of ether oxygens (including phenoxy) is 1. The van der Waals surface area contributed by atoms with E-state index in [0.717, 1.165) is 5.56 Å². The van der Waals surface area contributed by atoms with Crippen LogP contribution in [0.3, 0.4) is 0 Å². The van der Waals surface area contributed by atoms with Gasteiger partial charge in [0.05, 0.1) is 0 Å². The Morgan fingerprint density at radius 3 is 2.03 bits per heavy atom. The summed E-state index contributed by atoms with van der Waals surface area (Å²) in [4.78, 5) is 38.0. The number of carbonyl (C=O) groups is 3. The fourth-order valence-corrected chi connectivity index (χ4v) is 3.51. The Bertz CT molecular complexity index is 1460. The Kier molecular flexibility index (Phi) is 7.98. The molecular weight excluding hydrogens is 466 g/mol. The standard InChI is InChI=1S/C30H23N3O4/c31-33-28(25-13-7-8-14-26(25)37-27(34)20-15-21-9-3-1-4-10-21)29(35)22-16-18-24(19-17-22)32-30(36)23-11-5-2-6-12-23/h1-20H,31H2,(H,32,36)/b20-15+,33-28+. The Morgan fingerprint density at radius 1 is 0.730 bits per heavy atom. The first-order valence-electron chi connectivity index (χ1n) is 11.4. The van der Waals surface area contributed by atoms with Crippen LogP contribution in [-0.2, 0) is 4.79 Å². The topological polar surface area (TPSA) is 111 Å². The lowest BCUT2D eigenvalue weighted by Gasteiger charge is -2.11. The first kappa shape index (κ1) is 24.8. The third-order valence-corrected chi connectivity index (χ3v) is 5.35. The monoisotopic (exact) mass is 489 g/mol. The maximum absolute atomic E-state index is 13.2. The number of carbonyl (C=O) groups excluding carboxylic acids is 3. The predicted octanol–water partition coefficient (Wildman–Crippen LogP) is 5.10. The van der Waals surface area contributed by atoms with Crippen molar-refractivity contribution in [2.75, 3.05) is 5.32 Å². The van der Waals surface area contributed by atoms with Crippen molar-refractivity contribution in [3.8, 4) is 5.75 Å². The van der Waals surface area contributed by atoms with E-state index in [1.165, 1.54) is 6.08 Å². The Morgan fingerprint density at radius 2 is 1.35 bits per heavy atom. The molecule has 0 atom stereocenters. The number of rotatable bonds is 8. The van der Waals surface area contributed by atoms with Crippen molar-refractivity contribution in [2.45, 2.75) is 0 Å². The molecule has 0 unspecified atom stereocenters.